The van der Waals surface area contributed by atoms with E-state index in [9.17, 15) is 9.59 Å². The molecule has 0 heterocycles. The van der Waals surface area contributed by atoms with Crippen molar-refractivity contribution in [3.8, 4) is 0 Å². The lowest BCUT2D eigenvalue weighted by Gasteiger charge is -2.13. The lowest BCUT2D eigenvalue weighted by atomic mass is 10.0. The second-order valence-electron chi connectivity index (χ2n) is 5.43. The average molecular weight is 365 g/mol. The van der Waals surface area contributed by atoms with Crippen LogP contribution in [0.4, 0.5) is 0 Å². The third kappa shape index (κ3) is 5.25. The number of hydrogen-bond donors (Lipinski definition) is 2. The Morgan fingerprint density at radius 1 is 1.00 bits per heavy atom. The van der Waals surface area contributed by atoms with E-state index >= 15 is 0 Å². The highest BCUT2D eigenvalue weighted by atomic mass is 35.5. The molecule has 1 atom stereocenters. The maximum atomic E-state index is 12.0. The first-order chi connectivity index (χ1) is 11.5. The Labute approximate surface area is 151 Å². The van der Waals surface area contributed by atoms with E-state index in [0.29, 0.717) is 22.2 Å². The highest BCUT2D eigenvalue weighted by Gasteiger charge is 2.11. The van der Waals surface area contributed by atoms with E-state index in [-0.39, 0.29) is 24.3 Å². The molecule has 0 unspecified atom stereocenters. The lowest BCUT2D eigenvalue weighted by Crippen LogP contribution is -2.38. The van der Waals surface area contributed by atoms with Crippen LogP contribution < -0.4 is 10.6 Å². The van der Waals surface area contributed by atoms with Gasteiger partial charge in [0.2, 0.25) is 5.91 Å². The van der Waals surface area contributed by atoms with Crippen molar-refractivity contribution in [1.29, 1.82) is 0 Å². The van der Waals surface area contributed by atoms with Crippen molar-refractivity contribution < 1.29 is 9.59 Å². The second-order valence-corrected chi connectivity index (χ2v) is 6.24. The van der Waals surface area contributed by atoms with Crippen LogP contribution in [0.25, 0.3) is 0 Å². The Morgan fingerprint density at radius 2 is 1.71 bits per heavy atom. The molecule has 0 radical (unpaired) electrons. The van der Waals surface area contributed by atoms with Gasteiger partial charge in [0.05, 0.1) is 16.6 Å². The van der Waals surface area contributed by atoms with Crippen LogP contribution >= 0.6 is 23.2 Å². The topological polar surface area (TPSA) is 58.2 Å². The van der Waals surface area contributed by atoms with Gasteiger partial charge in [-0.1, -0.05) is 60.5 Å². The van der Waals surface area contributed by atoms with Crippen LogP contribution in [0.5, 0.6) is 0 Å². The zero-order valence-electron chi connectivity index (χ0n) is 13.2. The van der Waals surface area contributed by atoms with Gasteiger partial charge in [-0.25, -0.2) is 0 Å². The Balaban J connectivity index is 1.78. The average Bonchev–Trinajstić information content (AvgIpc) is 2.60. The quantitative estimate of drug-likeness (QED) is 0.821. The molecule has 2 amide bonds. The number of nitrogens with one attached hydrogen (secondary N) is 2. The molecule has 0 saturated carbocycles. The molecule has 0 aliphatic rings. The number of carbonyl (C=O) groups excluding carboxylic acids is 2. The fourth-order valence-corrected chi connectivity index (χ4v) is 2.43. The van der Waals surface area contributed by atoms with Gasteiger partial charge >= 0.3 is 0 Å². The molecule has 0 spiro atoms. The van der Waals surface area contributed by atoms with Crippen LogP contribution in [0.15, 0.2) is 48.5 Å². The first kappa shape index (κ1) is 18.3. The fraction of sp³-hybridized carbons (Fsp3) is 0.222. The highest BCUT2D eigenvalue weighted by Crippen LogP contribution is 2.22. The number of benzene rings is 2. The van der Waals surface area contributed by atoms with Gasteiger partial charge < -0.3 is 10.6 Å². The van der Waals surface area contributed by atoms with Crippen molar-refractivity contribution in [3.63, 3.8) is 0 Å². The predicted molar refractivity (Wildman–Crippen MR) is 96.7 cm³/mol. The van der Waals surface area contributed by atoms with Gasteiger partial charge in [0.1, 0.15) is 0 Å². The highest BCUT2D eigenvalue weighted by molar-refractivity contribution is 6.42. The van der Waals surface area contributed by atoms with Gasteiger partial charge in [-0.3, -0.25) is 9.59 Å². The summed E-state index contributed by atoms with van der Waals surface area (Å²) in [5.41, 5.74) is 1.51. The standard InChI is InChI=1S/C18H18Cl2N2O2/c1-12(13-5-3-2-4-6-13)10-21-17(23)11-22-18(24)14-7-8-15(19)16(20)9-14/h2-9,12H,10-11H2,1H3,(H,21,23)(H,22,24)/t12-/m1/s1. The normalized spacial score (nSPS) is 11.6. The summed E-state index contributed by atoms with van der Waals surface area (Å²) in [6.45, 7) is 2.44. The third-order valence-corrected chi connectivity index (χ3v) is 4.30. The molecule has 24 heavy (non-hydrogen) atoms. The van der Waals surface area contributed by atoms with Crippen molar-refractivity contribution in [3.05, 3.63) is 69.7 Å². The summed E-state index contributed by atoms with van der Waals surface area (Å²) in [5.74, 6) is -0.424. The van der Waals surface area contributed by atoms with Gasteiger partial charge in [-0.2, -0.15) is 0 Å². The lowest BCUT2D eigenvalue weighted by molar-refractivity contribution is -0.120. The monoisotopic (exact) mass is 364 g/mol. The third-order valence-electron chi connectivity index (χ3n) is 3.57. The molecule has 2 aromatic rings. The summed E-state index contributed by atoms with van der Waals surface area (Å²) in [4.78, 5) is 23.8. The molecule has 2 aromatic carbocycles. The van der Waals surface area contributed by atoms with E-state index in [1.165, 1.54) is 6.07 Å². The molecule has 2 rings (SSSR count). The van der Waals surface area contributed by atoms with E-state index in [4.69, 9.17) is 23.2 Å². The molecule has 0 aliphatic heterocycles. The Bertz CT molecular complexity index is 720. The molecule has 0 fully saturated rings. The largest absolute Gasteiger partial charge is 0.354 e. The molecule has 126 valence electrons. The van der Waals surface area contributed by atoms with Gasteiger partial charge in [-0.15, -0.1) is 0 Å². The molecule has 0 aromatic heterocycles. The molecular formula is C18H18Cl2N2O2. The zero-order chi connectivity index (χ0) is 17.5. The van der Waals surface area contributed by atoms with Crippen molar-refractivity contribution in [2.45, 2.75) is 12.8 Å². The van der Waals surface area contributed by atoms with Gasteiger partial charge in [0.25, 0.3) is 5.91 Å². The van der Waals surface area contributed by atoms with E-state index in [0.717, 1.165) is 5.56 Å². The van der Waals surface area contributed by atoms with Crippen molar-refractivity contribution in [2.24, 2.45) is 0 Å². The van der Waals surface area contributed by atoms with Crippen LogP contribution in [-0.4, -0.2) is 24.9 Å². The van der Waals surface area contributed by atoms with Crippen LogP contribution in [0.1, 0.15) is 28.8 Å². The maximum Gasteiger partial charge on any atom is 0.251 e. The number of hydrogen-bond acceptors (Lipinski definition) is 2. The Hall–Kier alpha value is -2.04. The zero-order valence-corrected chi connectivity index (χ0v) is 14.7. The van der Waals surface area contributed by atoms with E-state index in [2.05, 4.69) is 10.6 Å². The fourth-order valence-electron chi connectivity index (χ4n) is 2.13. The first-order valence-electron chi connectivity index (χ1n) is 7.52. The molecular weight excluding hydrogens is 347 g/mol. The smallest absolute Gasteiger partial charge is 0.251 e. The maximum absolute atomic E-state index is 12.0. The number of halogens is 2. The first-order valence-corrected chi connectivity index (χ1v) is 8.28. The molecule has 0 bridgehead atoms. The minimum Gasteiger partial charge on any atom is -0.354 e. The van der Waals surface area contributed by atoms with Crippen molar-refractivity contribution in [1.82, 2.24) is 10.6 Å². The summed E-state index contributed by atoms with van der Waals surface area (Å²) in [7, 11) is 0. The summed E-state index contributed by atoms with van der Waals surface area (Å²) in [6, 6.07) is 14.5. The van der Waals surface area contributed by atoms with E-state index < -0.39 is 0 Å². The molecule has 4 nitrogen and oxygen atoms in total. The van der Waals surface area contributed by atoms with Crippen molar-refractivity contribution >= 4 is 35.0 Å². The summed E-state index contributed by atoms with van der Waals surface area (Å²) in [6.07, 6.45) is 0. The van der Waals surface area contributed by atoms with Crippen LogP contribution in [0.3, 0.4) is 0 Å². The van der Waals surface area contributed by atoms with Crippen LogP contribution in [0, 0.1) is 0 Å². The van der Waals surface area contributed by atoms with Crippen molar-refractivity contribution in [2.75, 3.05) is 13.1 Å². The minimum atomic E-state index is -0.375. The second kappa shape index (κ2) is 8.71. The van der Waals surface area contributed by atoms with Gasteiger partial charge in [-0.05, 0) is 29.7 Å². The summed E-state index contributed by atoms with van der Waals surface area (Å²) in [5, 5.41) is 6.04. The van der Waals surface area contributed by atoms with E-state index in [1.54, 1.807) is 12.1 Å². The van der Waals surface area contributed by atoms with Crippen LogP contribution in [0.2, 0.25) is 10.0 Å². The molecule has 0 saturated heterocycles. The molecule has 6 heteroatoms. The summed E-state index contributed by atoms with van der Waals surface area (Å²) >= 11 is 11.7. The number of rotatable bonds is 6. The number of carbonyl (C=O) groups is 2. The Morgan fingerprint density at radius 3 is 2.38 bits per heavy atom. The predicted octanol–water partition coefficient (Wildman–Crippen LogP) is 3.64. The molecule has 0 aliphatic carbocycles. The van der Waals surface area contributed by atoms with E-state index in [1.807, 2.05) is 37.3 Å². The van der Waals surface area contributed by atoms with Gasteiger partial charge in [0, 0.05) is 12.1 Å². The van der Waals surface area contributed by atoms with Crippen LogP contribution in [-0.2, 0) is 4.79 Å². The van der Waals surface area contributed by atoms with Gasteiger partial charge in [0.15, 0.2) is 0 Å². The molecule has 2 N–H and O–H groups in total. The number of amides is 2. The SMILES string of the molecule is C[C@H](CNC(=O)CNC(=O)c1ccc(Cl)c(Cl)c1)c1ccccc1. The summed E-state index contributed by atoms with van der Waals surface area (Å²) < 4.78 is 0. The Kier molecular flexibility index (Phi) is 6.64. The minimum absolute atomic E-state index is 0.0966.